The third kappa shape index (κ3) is 6.26. The van der Waals surface area contributed by atoms with Crippen LogP contribution in [0.25, 0.3) is 0 Å². The molecule has 1 saturated carbocycles. The van der Waals surface area contributed by atoms with Gasteiger partial charge in [0.1, 0.15) is 6.04 Å². The van der Waals surface area contributed by atoms with E-state index in [0.717, 1.165) is 0 Å². The summed E-state index contributed by atoms with van der Waals surface area (Å²) in [7, 11) is 0. The Morgan fingerprint density at radius 3 is 2.22 bits per heavy atom. The first-order valence-electron chi connectivity index (χ1n) is 10.1. The number of ether oxygens (including phenoxy) is 1. The molecule has 0 aromatic rings. The Kier molecular flexibility index (Phi) is 7.90. The Balaban J connectivity index is 2.00. The van der Waals surface area contributed by atoms with Crippen LogP contribution < -0.4 is 10.6 Å². The second-order valence-corrected chi connectivity index (χ2v) is 8.45. The van der Waals surface area contributed by atoms with Crippen molar-refractivity contribution in [3.63, 3.8) is 0 Å². The van der Waals surface area contributed by atoms with Crippen molar-refractivity contribution < 1.29 is 26.7 Å². The highest BCUT2D eigenvalue weighted by atomic mass is 19.4. The van der Waals surface area contributed by atoms with Crippen LogP contribution >= 0.6 is 0 Å². The highest BCUT2D eigenvalue weighted by Gasteiger charge is 2.50. The summed E-state index contributed by atoms with van der Waals surface area (Å²) in [6, 6.07) is -3.26. The van der Waals surface area contributed by atoms with Crippen LogP contribution in [0.3, 0.4) is 0 Å². The van der Waals surface area contributed by atoms with Crippen molar-refractivity contribution in [3.8, 4) is 0 Å². The minimum absolute atomic E-state index is 0.0407. The Labute approximate surface area is 158 Å². The standard InChI is InChI=1S/C19H33F5N2O/c1-12(2)25-16-6-4-5-15(18(16,20)21)11-13(3)26-17(19(22,23)24)14-7-9-27-10-8-14/h12-17,25-26H,4-11H2,1-3H3/t13?,15?,16-,17+/m1/s1. The first-order chi connectivity index (χ1) is 12.5. The van der Waals surface area contributed by atoms with E-state index in [-0.39, 0.29) is 12.5 Å². The van der Waals surface area contributed by atoms with Gasteiger partial charge in [0.25, 0.3) is 5.92 Å². The zero-order valence-electron chi connectivity index (χ0n) is 16.4. The predicted molar refractivity (Wildman–Crippen MR) is 94.9 cm³/mol. The van der Waals surface area contributed by atoms with E-state index in [1.165, 1.54) is 0 Å². The van der Waals surface area contributed by atoms with Gasteiger partial charge >= 0.3 is 6.18 Å². The predicted octanol–water partition coefficient (Wildman–Crippen LogP) is 4.51. The molecule has 27 heavy (non-hydrogen) atoms. The largest absolute Gasteiger partial charge is 0.404 e. The van der Waals surface area contributed by atoms with Crippen molar-refractivity contribution in [2.45, 2.75) is 95.6 Å². The van der Waals surface area contributed by atoms with Crippen LogP contribution in [0.1, 0.15) is 59.3 Å². The van der Waals surface area contributed by atoms with Crippen molar-refractivity contribution in [2.75, 3.05) is 13.2 Å². The molecular weight excluding hydrogens is 367 g/mol. The quantitative estimate of drug-likeness (QED) is 0.617. The Morgan fingerprint density at radius 2 is 1.67 bits per heavy atom. The van der Waals surface area contributed by atoms with Crippen molar-refractivity contribution in [2.24, 2.45) is 11.8 Å². The monoisotopic (exact) mass is 400 g/mol. The first-order valence-corrected chi connectivity index (χ1v) is 10.1. The highest BCUT2D eigenvalue weighted by Crippen LogP contribution is 2.42. The molecule has 2 unspecified atom stereocenters. The zero-order valence-corrected chi connectivity index (χ0v) is 16.4. The summed E-state index contributed by atoms with van der Waals surface area (Å²) in [5.74, 6) is -4.39. The van der Waals surface area contributed by atoms with Crippen LogP contribution in [0.5, 0.6) is 0 Å². The van der Waals surface area contributed by atoms with Crippen LogP contribution in [0.4, 0.5) is 22.0 Å². The van der Waals surface area contributed by atoms with Crippen LogP contribution in [0.2, 0.25) is 0 Å². The summed E-state index contributed by atoms with van der Waals surface area (Å²) in [5.41, 5.74) is 0. The fourth-order valence-corrected chi connectivity index (χ4v) is 4.46. The number of alkyl halides is 5. The molecule has 1 heterocycles. The van der Waals surface area contributed by atoms with E-state index < -0.39 is 42.1 Å². The molecule has 0 aromatic heterocycles. The smallest absolute Gasteiger partial charge is 0.381 e. The number of hydrogen-bond acceptors (Lipinski definition) is 3. The molecule has 0 amide bonds. The number of halogens is 5. The lowest BCUT2D eigenvalue weighted by atomic mass is 9.78. The van der Waals surface area contributed by atoms with E-state index in [1.807, 2.05) is 13.8 Å². The summed E-state index contributed by atoms with van der Waals surface area (Å²) < 4.78 is 75.5. The van der Waals surface area contributed by atoms with E-state index in [4.69, 9.17) is 4.74 Å². The van der Waals surface area contributed by atoms with Gasteiger partial charge in [0.05, 0.1) is 6.04 Å². The van der Waals surface area contributed by atoms with Gasteiger partial charge in [-0.15, -0.1) is 0 Å². The van der Waals surface area contributed by atoms with Gasteiger partial charge in [0.2, 0.25) is 0 Å². The topological polar surface area (TPSA) is 33.3 Å². The SMILES string of the molecule is CC(C)N[C@@H]1CCCC(CC(C)N[C@@H](C2CCOCC2)C(F)(F)F)C1(F)F. The summed E-state index contributed by atoms with van der Waals surface area (Å²) >= 11 is 0. The Morgan fingerprint density at radius 1 is 1.04 bits per heavy atom. The van der Waals surface area contributed by atoms with Crippen molar-refractivity contribution in [1.82, 2.24) is 10.6 Å². The summed E-state index contributed by atoms with van der Waals surface area (Å²) in [6.07, 6.45) is -2.26. The van der Waals surface area contributed by atoms with E-state index >= 15 is 0 Å². The highest BCUT2D eigenvalue weighted by molar-refractivity contribution is 4.96. The minimum atomic E-state index is -4.40. The summed E-state index contributed by atoms with van der Waals surface area (Å²) in [5, 5.41) is 5.56. The molecule has 1 aliphatic carbocycles. The number of nitrogens with one attached hydrogen (secondary N) is 2. The molecule has 8 heteroatoms. The van der Waals surface area contributed by atoms with Crippen LogP contribution in [-0.2, 0) is 4.74 Å². The van der Waals surface area contributed by atoms with Gasteiger partial charge in [-0.05, 0) is 44.9 Å². The lowest BCUT2D eigenvalue weighted by molar-refractivity contribution is -0.177. The second-order valence-electron chi connectivity index (χ2n) is 8.45. The van der Waals surface area contributed by atoms with E-state index in [9.17, 15) is 22.0 Å². The third-order valence-electron chi connectivity index (χ3n) is 5.78. The Hall–Kier alpha value is -0.470. The molecule has 2 rings (SSSR count). The van der Waals surface area contributed by atoms with Crippen molar-refractivity contribution >= 4 is 0 Å². The molecule has 160 valence electrons. The van der Waals surface area contributed by atoms with Crippen LogP contribution in [-0.4, -0.2) is 49.5 Å². The van der Waals surface area contributed by atoms with Gasteiger partial charge in [0, 0.05) is 31.2 Å². The molecule has 2 fully saturated rings. The average Bonchev–Trinajstić information content (AvgIpc) is 2.56. The van der Waals surface area contributed by atoms with E-state index in [2.05, 4.69) is 10.6 Å². The Bertz CT molecular complexity index is 452. The molecule has 0 spiro atoms. The van der Waals surface area contributed by atoms with Gasteiger partial charge < -0.3 is 15.4 Å². The minimum Gasteiger partial charge on any atom is -0.381 e. The lowest BCUT2D eigenvalue weighted by Crippen LogP contribution is -2.56. The van der Waals surface area contributed by atoms with Gasteiger partial charge in [-0.2, -0.15) is 13.2 Å². The molecule has 0 bridgehead atoms. The van der Waals surface area contributed by atoms with Crippen molar-refractivity contribution in [1.29, 1.82) is 0 Å². The maximum atomic E-state index is 14.9. The summed E-state index contributed by atoms with van der Waals surface area (Å²) in [6.45, 7) is 5.87. The summed E-state index contributed by atoms with van der Waals surface area (Å²) in [4.78, 5) is 0. The molecular formula is C19H33F5N2O. The maximum Gasteiger partial charge on any atom is 0.404 e. The average molecular weight is 400 g/mol. The van der Waals surface area contributed by atoms with Crippen molar-refractivity contribution in [3.05, 3.63) is 0 Å². The second kappa shape index (κ2) is 9.35. The number of hydrogen-bond donors (Lipinski definition) is 2. The molecule has 2 N–H and O–H groups in total. The molecule has 4 atom stereocenters. The molecule has 0 aromatic carbocycles. The third-order valence-corrected chi connectivity index (χ3v) is 5.78. The molecule has 1 aliphatic heterocycles. The first kappa shape index (κ1) is 22.8. The van der Waals surface area contributed by atoms with Gasteiger partial charge in [-0.3, -0.25) is 0 Å². The zero-order chi connectivity index (χ0) is 20.2. The van der Waals surface area contributed by atoms with Gasteiger partial charge in [0.15, 0.2) is 0 Å². The molecule has 3 nitrogen and oxygen atoms in total. The number of rotatable bonds is 7. The fourth-order valence-electron chi connectivity index (χ4n) is 4.46. The molecule has 1 saturated heterocycles. The van der Waals surface area contributed by atoms with Gasteiger partial charge in [-0.25, -0.2) is 8.78 Å². The van der Waals surface area contributed by atoms with E-state index in [1.54, 1.807) is 6.92 Å². The maximum absolute atomic E-state index is 14.9. The molecule has 2 aliphatic rings. The van der Waals surface area contributed by atoms with E-state index in [0.29, 0.717) is 45.3 Å². The van der Waals surface area contributed by atoms with Gasteiger partial charge in [-0.1, -0.05) is 20.3 Å². The lowest BCUT2D eigenvalue weighted by Gasteiger charge is -2.41. The van der Waals surface area contributed by atoms with Crippen LogP contribution in [0, 0.1) is 11.8 Å². The molecule has 0 radical (unpaired) electrons. The van der Waals surface area contributed by atoms with Crippen LogP contribution in [0.15, 0.2) is 0 Å². The normalized spacial score (nSPS) is 29.7. The fraction of sp³-hybridized carbons (Fsp3) is 1.00.